The highest BCUT2D eigenvalue weighted by Crippen LogP contribution is 2.43. The van der Waals surface area contributed by atoms with Gasteiger partial charge in [-0.2, -0.15) is 0 Å². The van der Waals surface area contributed by atoms with Gasteiger partial charge in [-0.3, -0.25) is 14.5 Å². The smallest absolute Gasteiger partial charge is 0.248 e. The summed E-state index contributed by atoms with van der Waals surface area (Å²) in [5, 5.41) is 0. The van der Waals surface area contributed by atoms with Crippen LogP contribution in [-0.4, -0.2) is 79.7 Å². The van der Waals surface area contributed by atoms with E-state index in [9.17, 15) is 26.8 Å². The standard InChI is InChI=1S/C26H37F2N3O4S/c1-36(34,35)17-24(32)30(16-18-7-9-26(27,28)10-8-18)11-12-31-22-5-6-23(31)15-21(14-22)19-3-2-4-20(13-19)25(29)33/h2-4,13,18,21-23H,5-12,14-17H2,1H3,(H2,29,33). The van der Waals surface area contributed by atoms with E-state index in [0.717, 1.165) is 37.5 Å². The zero-order valence-corrected chi connectivity index (χ0v) is 21.7. The molecular weight excluding hydrogens is 488 g/mol. The zero-order chi connectivity index (χ0) is 26.1. The van der Waals surface area contributed by atoms with E-state index in [1.807, 2.05) is 18.2 Å². The van der Waals surface area contributed by atoms with Crippen molar-refractivity contribution >= 4 is 21.7 Å². The Morgan fingerprint density at radius 2 is 1.75 bits per heavy atom. The molecule has 0 spiro atoms. The number of rotatable bonds is 9. The van der Waals surface area contributed by atoms with Crippen molar-refractivity contribution in [1.29, 1.82) is 0 Å². The number of hydrogen-bond acceptors (Lipinski definition) is 5. The number of carbonyl (C=O) groups is 2. The van der Waals surface area contributed by atoms with Gasteiger partial charge in [-0.25, -0.2) is 17.2 Å². The van der Waals surface area contributed by atoms with Crippen LogP contribution in [0.3, 0.4) is 0 Å². The molecule has 3 fully saturated rings. The van der Waals surface area contributed by atoms with Crippen LogP contribution in [0.2, 0.25) is 0 Å². The van der Waals surface area contributed by atoms with E-state index in [2.05, 4.69) is 4.90 Å². The number of hydrogen-bond donors (Lipinski definition) is 1. The van der Waals surface area contributed by atoms with Gasteiger partial charge in [-0.05, 0) is 68.1 Å². The molecule has 200 valence electrons. The third kappa shape index (κ3) is 6.82. The van der Waals surface area contributed by atoms with Crippen LogP contribution in [0.4, 0.5) is 8.78 Å². The first-order valence-corrected chi connectivity index (χ1v) is 14.9. The number of fused-ring (bicyclic) bond motifs is 2. The van der Waals surface area contributed by atoms with E-state index in [-0.39, 0.29) is 18.8 Å². The molecule has 2 bridgehead atoms. The van der Waals surface area contributed by atoms with Gasteiger partial charge in [0, 0.05) is 56.4 Å². The second-order valence-corrected chi connectivity index (χ2v) is 13.1. The molecule has 0 aromatic heterocycles. The van der Waals surface area contributed by atoms with Gasteiger partial charge < -0.3 is 10.6 Å². The van der Waals surface area contributed by atoms with E-state index in [0.29, 0.717) is 56.0 Å². The molecule has 0 radical (unpaired) electrons. The summed E-state index contributed by atoms with van der Waals surface area (Å²) >= 11 is 0. The molecule has 3 aliphatic rings. The first-order chi connectivity index (χ1) is 16.9. The second kappa shape index (κ2) is 10.7. The number of benzene rings is 1. The second-order valence-electron chi connectivity index (χ2n) is 11.0. The molecule has 1 aliphatic carbocycles. The molecule has 10 heteroatoms. The molecule has 2 amide bonds. The Hall–Kier alpha value is -2.07. The summed E-state index contributed by atoms with van der Waals surface area (Å²) in [6, 6.07) is 8.24. The third-order valence-electron chi connectivity index (χ3n) is 8.21. The molecule has 2 unspecified atom stereocenters. The Kier molecular flexibility index (Phi) is 8.04. The Balaban J connectivity index is 1.39. The molecule has 2 saturated heterocycles. The van der Waals surface area contributed by atoms with Crippen LogP contribution in [0.5, 0.6) is 0 Å². The molecule has 7 nitrogen and oxygen atoms in total. The normalized spacial score (nSPS) is 26.6. The minimum Gasteiger partial charge on any atom is -0.366 e. The molecule has 2 aliphatic heterocycles. The van der Waals surface area contributed by atoms with Crippen molar-refractivity contribution in [3.05, 3.63) is 35.4 Å². The average molecular weight is 526 g/mol. The number of alkyl halides is 2. The zero-order valence-electron chi connectivity index (χ0n) is 20.9. The van der Waals surface area contributed by atoms with Crippen molar-refractivity contribution in [3.8, 4) is 0 Å². The third-order valence-corrected chi connectivity index (χ3v) is 8.98. The van der Waals surface area contributed by atoms with Gasteiger partial charge in [0.25, 0.3) is 0 Å². The Morgan fingerprint density at radius 1 is 1.11 bits per heavy atom. The van der Waals surface area contributed by atoms with Gasteiger partial charge in [0.2, 0.25) is 17.7 Å². The fourth-order valence-electron chi connectivity index (χ4n) is 6.32. The SMILES string of the molecule is CS(=O)(=O)CC(=O)N(CCN1C2CCC1CC(c1cccc(C(N)=O)c1)C2)CC1CCC(F)(F)CC1. The lowest BCUT2D eigenvalue weighted by Crippen LogP contribution is -2.48. The summed E-state index contributed by atoms with van der Waals surface area (Å²) in [4.78, 5) is 28.5. The van der Waals surface area contributed by atoms with Gasteiger partial charge in [-0.1, -0.05) is 12.1 Å². The van der Waals surface area contributed by atoms with Crippen LogP contribution >= 0.6 is 0 Å². The summed E-state index contributed by atoms with van der Waals surface area (Å²) in [6.07, 6.45) is 5.40. The molecule has 2 heterocycles. The molecule has 4 rings (SSSR count). The van der Waals surface area contributed by atoms with Crippen molar-refractivity contribution in [2.75, 3.05) is 31.6 Å². The summed E-state index contributed by atoms with van der Waals surface area (Å²) in [6.45, 7) is 1.37. The molecule has 2 atom stereocenters. The van der Waals surface area contributed by atoms with Crippen LogP contribution in [0.15, 0.2) is 24.3 Å². The average Bonchev–Trinajstić information content (AvgIpc) is 3.03. The number of halogens is 2. The van der Waals surface area contributed by atoms with Gasteiger partial charge >= 0.3 is 0 Å². The van der Waals surface area contributed by atoms with Crippen molar-refractivity contribution in [1.82, 2.24) is 9.80 Å². The number of nitrogens with zero attached hydrogens (tertiary/aromatic N) is 2. The van der Waals surface area contributed by atoms with E-state index < -0.39 is 33.3 Å². The maximum absolute atomic E-state index is 13.6. The highest BCUT2D eigenvalue weighted by molar-refractivity contribution is 7.91. The van der Waals surface area contributed by atoms with Crippen molar-refractivity contribution in [2.24, 2.45) is 11.7 Å². The first-order valence-electron chi connectivity index (χ1n) is 12.9. The van der Waals surface area contributed by atoms with E-state index in [4.69, 9.17) is 5.73 Å². The molecular formula is C26H37F2N3O4S. The molecule has 1 aromatic carbocycles. The van der Waals surface area contributed by atoms with Crippen LogP contribution in [0.25, 0.3) is 0 Å². The predicted molar refractivity (Wildman–Crippen MR) is 134 cm³/mol. The lowest BCUT2D eigenvalue weighted by Gasteiger charge is -2.40. The number of amides is 2. The van der Waals surface area contributed by atoms with E-state index >= 15 is 0 Å². The van der Waals surface area contributed by atoms with Gasteiger partial charge in [-0.15, -0.1) is 0 Å². The quantitative estimate of drug-likeness (QED) is 0.534. The molecule has 2 N–H and O–H groups in total. The van der Waals surface area contributed by atoms with Crippen LogP contribution in [0.1, 0.15) is 73.2 Å². The molecule has 36 heavy (non-hydrogen) atoms. The number of carbonyl (C=O) groups excluding carboxylic acids is 2. The largest absolute Gasteiger partial charge is 0.366 e. The van der Waals surface area contributed by atoms with Gasteiger partial charge in [0.15, 0.2) is 9.84 Å². The topological polar surface area (TPSA) is 101 Å². The van der Waals surface area contributed by atoms with Crippen molar-refractivity contribution in [2.45, 2.75) is 75.3 Å². The van der Waals surface area contributed by atoms with Gasteiger partial charge in [0.1, 0.15) is 5.75 Å². The monoisotopic (exact) mass is 525 g/mol. The maximum Gasteiger partial charge on any atom is 0.248 e. The maximum atomic E-state index is 13.6. The number of piperidine rings is 1. The number of primary amides is 1. The summed E-state index contributed by atoms with van der Waals surface area (Å²) in [5.74, 6) is -3.77. The fourth-order valence-corrected chi connectivity index (χ4v) is 6.95. The van der Waals surface area contributed by atoms with E-state index in [1.165, 1.54) is 0 Å². The summed E-state index contributed by atoms with van der Waals surface area (Å²) < 4.78 is 50.8. The Bertz CT molecular complexity index is 1060. The number of sulfone groups is 1. The van der Waals surface area contributed by atoms with E-state index in [1.54, 1.807) is 11.0 Å². The Labute approximate surface area is 212 Å². The molecule has 1 aromatic rings. The summed E-state index contributed by atoms with van der Waals surface area (Å²) in [7, 11) is -3.49. The summed E-state index contributed by atoms with van der Waals surface area (Å²) in [5.41, 5.74) is 7.10. The van der Waals surface area contributed by atoms with Crippen LogP contribution in [-0.2, 0) is 14.6 Å². The van der Waals surface area contributed by atoms with Gasteiger partial charge in [0.05, 0.1) is 0 Å². The van der Waals surface area contributed by atoms with Crippen molar-refractivity contribution < 1.29 is 26.8 Å². The predicted octanol–water partition coefficient (Wildman–Crippen LogP) is 3.19. The minimum atomic E-state index is -3.49. The first kappa shape index (κ1) is 27.0. The minimum absolute atomic E-state index is 0.0341. The fraction of sp³-hybridized carbons (Fsp3) is 0.692. The molecule has 1 saturated carbocycles. The highest BCUT2D eigenvalue weighted by Gasteiger charge is 2.41. The van der Waals surface area contributed by atoms with Crippen LogP contribution in [0, 0.1) is 5.92 Å². The number of nitrogens with two attached hydrogens (primary N) is 1. The lowest BCUT2D eigenvalue weighted by molar-refractivity contribution is -0.130. The Morgan fingerprint density at radius 3 is 2.33 bits per heavy atom. The lowest BCUT2D eigenvalue weighted by atomic mass is 9.84. The van der Waals surface area contributed by atoms with Crippen LogP contribution < -0.4 is 5.73 Å². The van der Waals surface area contributed by atoms with Crippen molar-refractivity contribution in [3.63, 3.8) is 0 Å². The highest BCUT2D eigenvalue weighted by atomic mass is 32.2.